The molecule has 0 radical (unpaired) electrons. The van der Waals surface area contributed by atoms with Gasteiger partial charge in [0.15, 0.2) is 0 Å². The van der Waals surface area contributed by atoms with E-state index in [1.807, 2.05) is 24.3 Å². The summed E-state index contributed by atoms with van der Waals surface area (Å²) in [6.45, 7) is 0.345. The minimum absolute atomic E-state index is 0.139. The Balaban J connectivity index is 1.56. The lowest BCUT2D eigenvalue weighted by Gasteiger charge is -2.23. The predicted octanol–water partition coefficient (Wildman–Crippen LogP) is 5.11. The van der Waals surface area contributed by atoms with Crippen molar-refractivity contribution >= 4 is 45.0 Å². The molecule has 0 aromatic heterocycles. The zero-order chi connectivity index (χ0) is 23.8. The van der Waals surface area contributed by atoms with Crippen LogP contribution in [0.15, 0.2) is 72.8 Å². The van der Waals surface area contributed by atoms with Crippen molar-refractivity contribution in [1.29, 1.82) is 0 Å². The Hall–Kier alpha value is -2.55. The van der Waals surface area contributed by atoms with Crippen molar-refractivity contribution in [1.82, 2.24) is 5.32 Å². The van der Waals surface area contributed by atoms with Crippen LogP contribution >= 0.6 is 23.4 Å². The van der Waals surface area contributed by atoms with Crippen LogP contribution in [0, 0.1) is 5.82 Å². The number of carbonyl (C=O) groups is 1. The van der Waals surface area contributed by atoms with Crippen LogP contribution in [0.5, 0.6) is 0 Å². The first kappa shape index (κ1) is 25.1. The van der Waals surface area contributed by atoms with Gasteiger partial charge in [-0.25, -0.2) is 12.8 Å². The highest BCUT2D eigenvalue weighted by Crippen LogP contribution is 2.23. The number of hydrogen-bond donors (Lipinski definition) is 1. The van der Waals surface area contributed by atoms with Crippen LogP contribution in [0.2, 0.25) is 5.02 Å². The van der Waals surface area contributed by atoms with Gasteiger partial charge in [0.2, 0.25) is 10.0 Å². The highest BCUT2D eigenvalue weighted by atomic mass is 35.5. The molecule has 0 aliphatic heterocycles. The van der Waals surface area contributed by atoms with Gasteiger partial charge in [0.25, 0.3) is 5.91 Å². The smallest absolute Gasteiger partial charge is 0.251 e. The van der Waals surface area contributed by atoms with Crippen LogP contribution in [-0.4, -0.2) is 32.9 Å². The van der Waals surface area contributed by atoms with E-state index in [9.17, 15) is 17.6 Å². The van der Waals surface area contributed by atoms with E-state index in [0.717, 1.165) is 32.7 Å². The molecule has 0 heterocycles. The van der Waals surface area contributed by atoms with E-state index >= 15 is 0 Å². The van der Waals surface area contributed by atoms with Gasteiger partial charge in [-0.15, -0.1) is 0 Å². The highest BCUT2D eigenvalue weighted by Gasteiger charge is 2.20. The summed E-state index contributed by atoms with van der Waals surface area (Å²) in [5, 5.41) is 3.58. The number of amides is 1. The van der Waals surface area contributed by atoms with Gasteiger partial charge in [-0.05, 0) is 42.0 Å². The number of sulfonamides is 1. The number of hydrogen-bond acceptors (Lipinski definition) is 4. The number of thioether (sulfide) groups is 1. The van der Waals surface area contributed by atoms with Crippen molar-refractivity contribution in [2.45, 2.75) is 12.3 Å². The van der Waals surface area contributed by atoms with Crippen LogP contribution in [0.1, 0.15) is 21.5 Å². The number of nitrogens with one attached hydrogen (secondary N) is 1. The minimum atomic E-state index is -3.66. The second kappa shape index (κ2) is 11.5. The van der Waals surface area contributed by atoms with Gasteiger partial charge >= 0.3 is 0 Å². The Morgan fingerprint density at radius 3 is 2.27 bits per heavy atom. The quantitative estimate of drug-likeness (QED) is 0.388. The summed E-state index contributed by atoms with van der Waals surface area (Å²) in [6, 6.07) is 19.9. The maximum Gasteiger partial charge on any atom is 0.251 e. The van der Waals surface area contributed by atoms with E-state index in [-0.39, 0.29) is 18.0 Å². The van der Waals surface area contributed by atoms with Gasteiger partial charge in [0, 0.05) is 34.2 Å². The van der Waals surface area contributed by atoms with Crippen LogP contribution in [-0.2, 0) is 22.3 Å². The Morgan fingerprint density at radius 1 is 1.00 bits per heavy atom. The average Bonchev–Trinajstić information content (AvgIpc) is 2.78. The molecule has 3 aromatic carbocycles. The predicted molar refractivity (Wildman–Crippen MR) is 134 cm³/mol. The average molecular weight is 507 g/mol. The molecule has 0 aliphatic carbocycles. The summed E-state index contributed by atoms with van der Waals surface area (Å²) in [6.07, 6.45) is 1.06. The summed E-state index contributed by atoms with van der Waals surface area (Å²) in [7, 11) is -3.66. The second-order valence-corrected chi connectivity index (χ2v) is 10.7. The first-order valence-electron chi connectivity index (χ1n) is 10.2. The molecular formula is C24H24ClFN2O3S2. The molecule has 3 aromatic rings. The molecule has 0 saturated carbocycles. The molecule has 0 fully saturated rings. The summed E-state index contributed by atoms with van der Waals surface area (Å²) in [5.74, 6) is 0.752. The molecule has 1 amide bonds. The lowest BCUT2D eigenvalue weighted by molar-refractivity contribution is 0.0956. The SMILES string of the molecule is CS(=O)(=O)N(Cc1ccccc1F)c1ccc(C(=O)NCCSCc2ccccc2Cl)cc1. The fourth-order valence-electron chi connectivity index (χ4n) is 3.10. The third kappa shape index (κ3) is 7.22. The number of benzene rings is 3. The maximum absolute atomic E-state index is 14.0. The minimum Gasteiger partial charge on any atom is -0.351 e. The standard InChI is InChI=1S/C24H24ClFN2O3S2/c1-33(30,31)28(16-19-6-3-5-9-23(19)26)21-12-10-18(11-13-21)24(29)27-14-15-32-17-20-7-2-4-8-22(20)25/h2-13H,14-17H2,1H3,(H,27,29). The molecule has 3 rings (SSSR count). The lowest BCUT2D eigenvalue weighted by Crippen LogP contribution is -2.30. The first-order valence-corrected chi connectivity index (χ1v) is 13.5. The zero-order valence-corrected chi connectivity index (χ0v) is 20.4. The Bertz CT molecular complexity index is 1200. The Labute approximate surface area is 203 Å². The van der Waals surface area contributed by atoms with Crippen molar-refractivity contribution < 1.29 is 17.6 Å². The van der Waals surface area contributed by atoms with E-state index < -0.39 is 15.8 Å². The van der Waals surface area contributed by atoms with Crippen molar-refractivity contribution in [3.05, 3.63) is 100 Å². The van der Waals surface area contributed by atoms with E-state index in [2.05, 4.69) is 5.32 Å². The van der Waals surface area contributed by atoms with Gasteiger partial charge < -0.3 is 5.32 Å². The molecule has 0 spiro atoms. The molecule has 0 bridgehead atoms. The summed E-state index contributed by atoms with van der Waals surface area (Å²) >= 11 is 7.81. The monoisotopic (exact) mass is 506 g/mol. The zero-order valence-electron chi connectivity index (χ0n) is 18.0. The molecule has 9 heteroatoms. The van der Waals surface area contributed by atoms with E-state index in [0.29, 0.717) is 17.8 Å². The molecule has 174 valence electrons. The van der Waals surface area contributed by atoms with Crippen LogP contribution < -0.4 is 9.62 Å². The summed E-state index contributed by atoms with van der Waals surface area (Å²) in [4.78, 5) is 12.4. The second-order valence-electron chi connectivity index (χ2n) is 7.31. The summed E-state index contributed by atoms with van der Waals surface area (Å²) < 4.78 is 39.8. The first-order chi connectivity index (χ1) is 15.8. The molecule has 0 aliphatic rings. The van der Waals surface area contributed by atoms with Crippen LogP contribution in [0.25, 0.3) is 0 Å². The number of nitrogens with zero attached hydrogens (tertiary/aromatic N) is 1. The lowest BCUT2D eigenvalue weighted by atomic mass is 10.1. The van der Waals surface area contributed by atoms with Gasteiger partial charge in [-0.3, -0.25) is 9.10 Å². The molecule has 1 N–H and O–H groups in total. The normalized spacial score (nSPS) is 11.2. The van der Waals surface area contributed by atoms with E-state index in [4.69, 9.17) is 11.6 Å². The van der Waals surface area contributed by atoms with Crippen molar-refractivity contribution in [2.24, 2.45) is 0 Å². The number of halogens is 2. The largest absolute Gasteiger partial charge is 0.351 e. The fourth-order valence-corrected chi connectivity index (χ4v) is 5.12. The van der Waals surface area contributed by atoms with Crippen molar-refractivity contribution in [2.75, 3.05) is 22.9 Å². The third-order valence-corrected chi connectivity index (χ3v) is 7.35. The summed E-state index contributed by atoms with van der Waals surface area (Å²) in [5.41, 5.74) is 2.08. The van der Waals surface area contributed by atoms with Gasteiger partial charge in [-0.2, -0.15) is 11.8 Å². The topological polar surface area (TPSA) is 66.5 Å². The van der Waals surface area contributed by atoms with Gasteiger partial charge in [0.05, 0.1) is 18.5 Å². The molecule has 0 unspecified atom stereocenters. The molecular weight excluding hydrogens is 483 g/mol. The molecule has 5 nitrogen and oxygen atoms in total. The molecule has 0 saturated heterocycles. The van der Waals surface area contributed by atoms with Gasteiger partial charge in [0.1, 0.15) is 5.82 Å². The Kier molecular flexibility index (Phi) is 8.77. The number of carbonyl (C=O) groups excluding carboxylic acids is 1. The van der Waals surface area contributed by atoms with Crippen LogP contribution in [0.3, 0.4) is 0 Å². The number of rotatable bonds is 10. The van der Waals surface area contributed by atoms with E-state index in [1.54, 1.807) is 54.2 Å². The van der Waals surface area contributed by atoms with Gasteiger partial charge in [-0.1, -0.05) is 48.0 Å². The fraction of sp³-hybridized carbons (Fsp3) is 0.208. The Morgan fingerprint density at radius 2 is 1.64 bits per heavy atom. The van der Waals surface area contributed by atoms with E-state index in [1.165, 1.54) is 6.07 Å². The van der Waals surface area contributed by atoms with Crippen molar-refractivity contribution in [3.63, 3.8) is 0 Å². The maximum atomic E-state index is 14.0. The van der Waals surface area contributed by atoms with Crippen molar-refractivity contribution in [3.8, 4) is 0 Å². The molecule has 0 atom stereocenters. The van der Waals surface area contributed by atoms with Crippen LogP contribution in [0.4, 0.5) is 10.1 Å². The highest BCUT2D eigenvalue weighted by molar-refractivity contribution is 7.98. The number of anilines is 1. The molecule has 33 heavy (non-hydrogen) atoms. The third-order valence-electron chi connectivity index (χ3n) is 4.84.